The van der Waals surface area contributed by atoms with Crippen molar-refractivity contribution in [2.24, 2.45) is 11.8 Å². The number of carbonyl (C=O) groups excluding carboxylic acids is 2. The van der Waals surface area contributed by atoms with Gasteiger partial charge in [0.05, 0.1) is 11.8 Å². The van der Waals surface area contributed by atoms with Gasteiger partial charge in [-0.25, -0.2) is 0 Å². The van der Waals surface area contributed by atoms with Crippen molar-refractivity contribution in [3.05, 3.63) is 71.3 Å². The van der Waals surface area contributed by atoms with Gasteiger partial charge < -0.3 is 5.11 Å². The predicted octanol–water partition coefficient (Wildman–Crippen LogP) is 3.74. The third-order valence-electron chi connectivity index (χ3n) is 6.47. The second-order valence-electron chi connectivity index (χ2n) is 9.73. The number of nitrogens with zero attached hydrogens (tertiary/aromatic N) is 1. The second kappa shape index (κ2) is 7.71. The Bertz CT molecular complexity index is 1090. The van der Waals surface area contributed by atoms with Gasteiger partial charge in [0, 0.05) is 11.6 Å². The first kappa shape index (κ1) is 22.0. The molecule has 0 aromatic heterocycles. The van der Waals surface area contributed by atoms with Crippen molar-refractivity contribution in [3.63, 3.8) is 0 Å². The summed E-state index contributed by atoms with van der Waals surface area (Å²) in [4.78, 5) is 39.9. The molecule has 2 aromatic rings. The lowest BCUT2D eigenvalue weighted by Crippen LogP contribution is -2.55. The van der Waals surface area contributed by atoms with Gasteiger partial charge in [0.25, 0.3) is 0 Å². The van der Waals surface area contributed by atoms with Gasteiger partial charge >= 0.3 is 5.97 Å². The van der Waals surface area contributed by atoms with Crippen LogP contribution in [0.25, 0.3) is 12.2 Å². The van der Waals surface area contributed by atoms with Crippen LogP contribution in [0.3, 0.4) is 0 Å². The highest BCUT2D eigenvalue weighted by Crippen LogP contribution is 2.50. The largest absolute Gasteiger partial charge is 0.480 e. The molecule has 2 N–H and O–H groups in total. The number of carboxylic acids is 1. The number of carbonyl (C=O) groups is 3. The maximum atomic E-state index is 13.3. The number of amides is 2. The number of benzene rings is 2. The normalized spacial score (nSPS) is 27.9. The van der Waals surface area contributed by atoms with E-state index in [4.69, 9.17) is 0 Å². The minimum absolute atomic E-state index is 0.317. The first-order valence-corrected chi connectivity index (χ1v) is 10.8. The average Bonchev–Trinajstić information content (AvgIpc) is 3.21. The van der Waals surface area contributed by atoms with E-state index in [1.165, 1.54) is 11.8 Å². The fourth-order valence-corrected chi connectivity index (χ4v) is 4.85. The molecule has 2 aliphatic rings. The first-order valence-electron chi connectivity index (χ1n) is 10.8. The Kier molecular flexibility index (Phi) is 5.29. The predicted molar refractivity (Wildman–Crippen MR) is 122 cm³/mol. The molecule has 2 amide bonds. The first-order chi connectivity index (χ1) is 15.0. The molecule has 32 heavy (non-hydrogen) atoms. The zero-order chi connectivity index (χ0) is 23.3. The van der Waals surface area contributed by atoms with E-state index in [1.54, 1.807) is 20.8 Å². The average molecular weight is 433 g/mol. The number of aliphatic carboxylic acids is 1. The highest BCUT2D eigenvalue weighted by molar-refractivity contribution is 6.10. The van der Waals surface area contributed by atoms with Gasteiger partial charge in [-0.05, 0) is 44.4 Å². The maximum absolute atomic E-state index is 13.3. The zero-order valence-corrected chi connectivity index (χ0v) is 18.7. The van der Waals surface area contributed by atoms with Crippen LogP contribution >= 0.6 is 0 Å². The summed E-state index contributed by atoms with van der Waals surface area (Å²) in [6.45, 7) is 6.87. The Hall–Kier alpha value is -3.25. The molecule has 0 saturated carbocycles. The number of carboxylic acid groups (broad SMARTS) is 1. The minimum atomic E-state index is -1.52. The van der Waals surface area contributed by atoms with Gasteiger partial charge in [-0.1, -0.05) is 66.7 Å². The molecule has 6 nitrogen and oxygen atoms in total. The lowest BCUT2D eigenvalue weighted by Gasteiger charge is -2.34. The van der Waals surface area contributed by atoms with Gasteiger partial charge in [0.1, 0.15) is 5.54 Å². The van der Waals surface area contributed by atoms with Crippen LogP contribution in [0.4, 0.5) is 0 Å². The number of nitrogens with one attached hydrogen (secondary N) is 1. The van der Waals surface area contributed by atoms with E-state index in [9.17, 15) is 19.5 Å². The summed E-state index contributed by atoms with van der Waals surface area (Å²) in [6.07, 6.45) is 4.01. The third-order valence-corrected chi connectivity index (χ3v) is 6.47. The zero-order valence-electron chi connectivity index (χ0n) is 18.7. The van der Waals surface area contributed by atoms with Gasteiger partial charge in [0.2, 0.25) is 11.8 Å². The number of hydrogen-bond acceptors (Lipinski definition) is 4. The van der Waals surface area contributed by atoms with E-state index >= 15 is 0 Å². The number of rotatable bonds is 4. The van der Waals surface area contributed by atoms with Crippen molar-refractivity contribution in [1.29, 1.82) is 0 Å². The lowest BCUT2D eigenvalue weighted by molar-refractivity contribution is -0.152. The Balaban J connectivity index is 1.66. The van der Waals surface area contributed by atoms with Crippen LogP contribution in [0.15, 0.2) is 54.6 Å². The van der Waals surface area contributed by atoms with Crippen molar-refractivity contribution < 1.29 is 19.5 Å². The quantitative estimate of drug-likeness (QED) is 0.568. The van der Waals surface area contributed by atoms with Gasteiger partial charge in [-0.15, -0.1) is 0 Å². The fraction of sp³-hybridized carbons (Fsp3) is 0.346. The van der Waals surface area contributed by atoms with E-state index in [2.05, 4.69) is 5.32 Å². The molecule has 0 spiro atoms. The van der Waals surface area contributed by atoms with Crippen LogP contribution in [0, 0.1) is 11.8 Å². The number of hydrogen-bond donors (Lipinski definition) is 2. The van der Waals surface area contributed by atoms with Crippen molar-refractivity contribution in [2.75, 3.05) is 0 Å². The molecular formula is C26H28N2O4. The summed E-state index contributed by atoms with van der Waals surface area (Å²) in [5.41, 5.74) is 0.631. The summed E-state index contributed by atoms with van der Waals surface area (Å²) >= 11 is 0. The Labute approximate surface area is 187 Å². The third kappa shape index (κ3) is 3.54. The molecule has 4 atom stereocenters. The Morgan fingerprint density at radius 2 is 1.53 bits per heavy atom. The molecule has 2 saturated heterocycles. The molecule has 0 radical (unpaired) electrons. The SMILES string of the molecule is CC1(C(=O)O)NC(c2ccc(/C=C/c3ccccc3)cc2)C2C(=O)N(C(C)(C)C)C(=O)C21. The molecule has 0 bridgehead atoms. The molecule has 0 aliphatic carbocycles. The number of imide groups is 1. The highest BCUT2D eigenvalue weighted by Gasteiger charge is 2.67. The monoisotopic (exact) mass is 432 g/mol. The van der Waals surface area contributed by atoms with Gasteiger partial charge in [-0.2, -0.15) is 0 Å². The molecule has 2 aliphatic heterocycles. The van der Waals surface area contributed by atoms with Crippen molar-refractivity contribution in [3.8, 4) is 0 Å². The van der Waals surface area contributed by atoms with E-state index in [-0.39, 0.29) is 5.91 Å². The molecule has 2 heterocycles. The number of likely N-dealkylation sites (tertiary alicyclic amines) is 1. The van der Waals surface area contributed by atoms with Crippen molar-refractivity contribution >= 4 is 29.9 Å². The Morgan fingerprint density at radius 3 is 2.06 bits per heavy atom. The molecule has 166 valence electrons. The topological polar surface area (TPSA) is 86.7 Å². The highest BCUT2D eigenvalue weighted by atomic mass is 16.4. The van der Waals surface area contributed by atoms with Crippen LogP contribution in [-0.4, -0.2) is 38.9 Å². The van der Waals surface area contributed by atoms with Crippen LogP contribution in [0.2, 0.25) is 0 Å². The molecule has 2 aromatic carbocycles. The van der Waals surface area contributed by atoms with E-state index in [1.807, 2.05) is 66.7 Å². The summed E-state index contributed by atoms with van der Waals surface area (Å²) < 4.78 is 0. The fourth-order valence-electron chi connectivity index (χ4n) is 4.85. The minimum Gasteiger partial charge on any atom is -0.480 e. The summed E-state index contributed by atoms with van der Waals surface area (Å²) in [7, 11) is 0. The van der Waals surface area contributed by atoms with Crippen molar-refractivity contribution in [1.82, 2.24) is 10.2 Å². The molecule has 2 fully saturated rings. The molecule has 6 heteroatoms. The van der Waals surface area contributed by atoms with Crippen LogP contribution in [0.5, 0.6) is 0 Å². The van der Waals surface area contributed by atoms with Gasteiger partial charge in [0.15, 0.2) is 0 Å². The van der Waals surface area contributed by atoms with Crippen LogP contribution in [-0.2, 0) is 14.4 Å². The van der Waals surface area contributed by atoms with Gasteiger partial charge in [-0.3, -0.25) is 24.6 Å². The number of fused-ring (bicyclic) bond motifs is 1. The molecule has 4 unspecified atom stereocenters. The van der Waals surface area contributed by atoms with Crippen LogP contribution in [0.1, 0.15) is 50.4 Å². The van der Waals surface area contributed by atoms with E-state index in [0.717, 1.165) is 16.7 Å². The van der Waals surface area contributed by atoms with Crippen LogP contribution < -0.4 is 5.32 Å². The van der Waals surface area contributed by atoms with E-state index in [0.29, 0.717) is 0 Å². The molecule has 4 rings (SSSR count). The summed E-state index contributed by atoms with van der Waals surface area (Å²) in [5.74, 6) is -3.57. The summed E-state index contributed by atoms with van der Waals surface area (Å²) in [6, 6.07) is 17.1. The summed E-state index contributed by atoms with van der Waals surface area (Å²) in [5, 5.41) is 13.1. The maximum Gasteiger partial charge on any atom is 0.324 e. The standard InChI is InChI=1S/C26H28N2O4/c1-25(2,3)28-22(29)19-20(23(28)30)26(4,24(31)32)27-21(19)18-14-12-17(13-15-18)11-10-16-8-6-5-7-9-16/h5-15,19-21,27H,1-4H3,(H,31,32)/b11-10+. The molecular weight excluding hydrogens is 404 g/mol. The smallest absolute Gasteiger partial charge is 0.324 e. The lowest BCUT2D eigenvalue weighted by atomic mass is 9.80. The second-order valence-corrected chi connectivity index (χ2v) is 9.73. The van der Waals surface area contributed by atoms with Crippen molar-refractivity contribution in [2.45, 2.75) is 44.8 Å². The van der Waals surface area contributed by atoms with E-state index < -0.39 is 40.8 Å². The Morgan fingerprint density at radius 1 is 0.969 bits per heavy atom.